The molecule has 0 bridgehead atoms. The highest BCUT2D eigenvalue weighted by Crippen LogP contribution is 2.31. The lowest BCUT2D eigenvalue weighted by Crippen LogP contribution is -2.12. The summed E-state index contributed by atoms with van der Waals surface area (Å²) in [6.07, 6.45) is -4.97. The maximum absolute atomic E-state index is 12.3. The van der Waals surface area contributed by atoms with E-state index in [1.165, 1.54) is 18.2 Å². The Morgan fingerprint density at radius 3 is 2.36 bits per heavy atom. The third-order valence-electron chi connectivity index (χ3n) is 1.67. The van der Waals surface area contributed by atoms with Crippen molar-refractivity contribution in [3.63, 3.8) is 0 Å². The first kappa shape index (κ1) is 10.6. The van der Waals surface area contributed by atoms with Gasteiger partial charge in [0.05, 0.1) is 12.0 Å². The molecule has 0 saturated heterocycles. The van der Waals surface area contributed by atoms with Crippen molar-refractivity contribution in [2.45, 2.75) is 12.6 Å². The standard InChI is InChI=1S/C9H7F3NO/c10-9(11,12)7-4-2-1-3-6(7)5-8(13)14/h1-4,13H,5H2. The van der Waals surface area contributed by atoms with E-state index in [2.05, 4.69) is 0 Å². The maximum atomic E-state index is 12.3. The van der Waals surface area contributed by atoms with Gasteiger partial charge in [-0.3, -0.25) is 10.5 Å². The van der Waals surface area contributed by atoms with E-state index in [0.29, 0.717) is 0 Å². The van der Waals surface area contributed by atoms with Crippen LogP contribution in [0.15, 0.2) is 24.3 Å². The Morgan fingerprint density at radius 2 is 1.86 bits per heavy atom. The fourth-order valence-electron chi connectivity index (χ4n) is 1.12. The van der Waals surface area contributed by atoms with E-state index in [1.54, 1.807) is 0 Å². The van der Waals surface area contributed by atoms with Gasteiger partial charge in [0.15, 0.2) is 0 Å². The molecule has 2 nitrogen and oxygen atoms in total. The van der Waals surface area contributed by atoms with Crippen molar-refractivity contribution in [3.05, 3.63) is 35.4 Å². The molecule has 1 rings (SSSR count). The Balaban J connectivity index is 3.10. The molecule has 0 unspecified atom stereocenters. The predicted molar refractivity (Wildman–Crippen MR) is 43.3 cm³/mol. The molecule has 0 aromatic heterocycles. The first-order valence-corrected chi connectivity index (χ1v) is 3.81. The van der Waals surface area contributed by atoms with Crippen LogP contribution in [-0.2, 0) is 17.4 Å². The summed E-state index contributed by atoms with van der Waals surface area (Å²) in [5, 5.41) is 0. The Bertz CT molecular complexity index is 346. The molecule has 1 radical (unpaired) electrons. The number of nitrogens with one attached hydrogen (secondary N) is 1. The zero-order chi connectivity index (χ0) is 10.8. The van der Waals surface area contributed by atoms with Crippen LogP contribution < -0.4 is 5.73 Å². The average Bonchev–Trinajstić information content (AvgIpc) is 2.01. The van der Waals surface area contributed by atoms with Crippen LogP contribution in [0.5, 0.6) is 0 Å². The van der Waals surface area contributed by atoms with Crippen LogP contribution in [0.4, 0.5) is 13.2 Å². The van der Waals surface area contributed by atoms with Crippen LogP contribution in [0.2, 0.25) is 0 Å². The lowest BCUT2D eigenvalue weighted by molar-refractivity contribution is -0.138. The van der Waals surface area contributed by atoms with Crippen LogP contribution in [0.1, 0.15) is 11.1 Å². The number of amides is 1. The highest BCUT2D eigenvalue weighted by atomic mass is 19.4. The molecule has 0 aliphatic heterocycles. The number of halogens is 3. The third kappa shape index (κ3) is 2.48. The summed E-state index contributed by atoms with van der Waals surface area (Å²) >= 11 is 0. The van der Waals surface area contributed by atoms with Gasteiger partial charge in [-0.25, -0.2) is 0 Å². The number of hydrogen-bond donors (Lipinski definition) is 0. The van der Waals surface area contributed by atoms with Gasteiger partial charge in [-0.1, -0.05) is 18.2 Å². The van der Waals surface area contributed by atoms with Crippen molar-refractivity contribution < 1.29 is 18.0 Å². The molecule has 0 spiro atoms. The van der Waals surface area contributed by atoms with Gasteiger partial charge >= 0.3 is 6.18 Å². The molecule has 1 N–H and O–H groups in total. The zero-order valence-corrected chi connectivity index (χ0v) is 7.06. The minimum absolute atomic E-state index is 0.153. The first-order valence-electron chi connectivity index (χ1n) is 3.81. The minimum atomic E-state index is -4.47. The summed E-state index contributed by atoms with van der Waals surface area (Å²) in [5.74, 6) is -1.03. The normalized spacial score (nSPS) is 11.4. The van der Waals surface area contributed by atoms with Crippen molar-refractivity contribution in [1.82, 2.24) is 5.73 Å². The minimum Gasteiger partial charge on any atom is -0.273 e. The van der Waals surface area contributed by atoms with Gasteiger partial charge in [-0.15, -0.1) is 0 Å². The van der Waals surface area contributed by atoms with Crippen molar-refractivity contribution in [1.29, 1.82) is 0 Å². The summed E-state index contributed by atoms with van der Waals surface area (Å²) < 4.78 is 37.0. The molecule has 14 heavy (non-hydrogen) atoms. The topological polar surface area (TPSA) is 40.9 Å². The average molecular weight is 202 g/mol. The second kappa shape index (κ2) is 3.69. The first-order chi connectivity index (χ1) is 6.41. The predicted octanol–water partition coefficient (Wildman–Crippen LogP) is 2.06. The lowest BCUT2D eigenvalue weighted by Gasteiger charge is -2.10. The number of alkyl halides is 3. The summed E-state index contributed by atoms with van der Waals surface area (Å²) in [5.41, 5.74) is 5.61. The summed E-state index contributed by atoms with van der Waals surface area (Å²) in [6, 6.07) is 4.77. The highest BCUT2D eigenvalue weighted by molar-refractivity contribution is 5.76. The molecule has 1 amide bonds. The van der Waals surface area contributed by atoms with Gasteiger partial charge < -0.3 is 0 Å². The summed E-state index contributed by atoms with van der Waals surface area (Å²) in [7, 11) is 0. The maximum Gasteiger partial charge on any atom is 0.416 e. The smallest absolute Gasteiger partial charge is 0.273 e. The Hall–Kier alpha value is -1.52. The molecule has 0 aliphatic carbocycles. The Morgan fingerprint density at radius 1 is 1.29 bits per heavy atom. The molecular weight excluding hydrogens is 195 g/mol. The van der Waals surface area contributed by atoms with E-state index in [-0.39, 0.29) is 5.56 Å². The fourth-order valence-corrected chi connectivity index (χ4v) is 1.12. The van der Waals surface area contributed by atoms with Gasteiger partial charge in [-0.05, 0) is 11.6 Å². The SMILES string of the molecule is [NH]C(=O)Cc1ccccc1C(F)(F)F. The van der Waals surface area contributed by atoms with Crippen molar-refractivity contribution in [2.75, 3.05) is 0 Å². The van der Waals surface area contributed by atoms with Gasteiger partial charge in [0.25, 0.3) is 0 Å². The molecule has 5 heteroatoms. The molecule has 0 atom stereocenters. The Labute approximate surface area is 78.5 Å². The Kier molecular flexibility index (Phi) is 2.78. The largest absolute Gasteiger partial charge is 0.416 e. The van der Waals surface area contributed by atoms with Crippen LogP contribution >= 0.6 is 0 Å². The van der Waals surface area contributed by atoms with Crippen LogP contribution in [0.25, 0.3) is 0 Å². The number of benzene rings is 1. The van der Waals surface area contributed by atoms with Gasteiger partial charge in [0.2, 0.25) is 5.91 Å². The monoisotopic (exact) mass is 202 g/mol. The van der Waals surface area contributed by atoms with Gasteiger partial charge in [0, 0.05) is 0 Å². The van der Waals surface area contributed by atoms with E-state index in [0.717, 1.165) is 6.07 Å². The number of rotatable bonds is 2. The molecule has 0 fully saturated rings. The van der Waals surface area contributed by atoms with E-state index in [4.69, 9.17) is 5.73 Å². The van der Waals surface area contributed by atoms with E-state index in [9.17, 15) is 18.0 Å². The second-order valence-electron chi connectivity index (χ2n) is 2.75. The van der Waals surface area contributed by atoms with Crippen LogP contribution in [-0.4, -0.2) is 5.91 Å². The molecule has 0 saturated carbocycles. The third-order valence-corrected chi connectivity index (χ3v) is 1.67. The summed E-state index contributed by atoms with van der Waals surface area (Å²) in [6.45, 7) is 0. The van der Waals surface area contributed by atoms with Crippen molar-refractivity contribution in [3.8, 4) is 0 Å². The number of carbonyl (C=O) groups excluding carboxylic acids is 1. The zero-order valence-electron chi connectivity index (χ0n) is 7.06. The molecular formula is C9H7F3NO. The number of hydrogen-bond acceptors (Lipinski definition) is 1. The molecule has 0 aliphatic rings. The highest BCUT2D eigenvalue weighted by Gasteiger charge is 2.32. The molecule has 0 heterocycles. The lowest BCUT2D eigenvalue weighted by atomic mass is 10.0. The van der Waals surface area contributed by atoms with E-state index < -0.39 is 24.1 Å². The van der Waals surface area contributed by atoms with Crippen molar-refractivity contribution in [2.24, 2.45) is 0 Å². The quantitative estimate of drug-likeness (QED) is 0.723. The second-order valence-corrected chi connectivity index (χ2v) is 2.75. The van der Waals surface area contributed by atoms with Gasteiger partial charge in [-0.2, -0.15) is 13.2 Å². The van der Waals surface area contributed by atoms with E-state index in [1.807, 2.05) is 0 Å². The van der Waals surface area contributed by atoms with Gasteiger partial charge in [0.1, 0.15) is 0 Å². The fraction of sp³-hybridized carbons (Fsp3) is 0.222. The number of carbonyl (C=O) groups is 1. The molecule has 75 valence electrons. The van der Waals surface area contributed by atoms with Crippen molar-refractivity contribution >= 4 is 5.91 Å². The molecule has 1 aromatic carbocycles. The van der Waals surface area contributed by atoms with Crippen LogP contribution in [0, 0.1) is 0 Å². The summed E-state index contributed by atoms with van der Waals surface area (Å²) in [4.78, 5) is 10.4. The van der Waals surface area contributed by atoms with E-state index >= 15 is 0 Å². The van der Waals surface area contributed by atoms with Crippen LogP contribution in [0.3, 0.4) is 0 Å². The molecule has 1 aromatic rings.